The SMILES string of the molecule is CC(CC(=O)N1CCC(NCC2CC2)CC1)NC(=O)C1CCCC1.Cl. The highest BCUT2D eigenvalue weighted by Gasteiger charge is 2.28. The Morgan fingerprint density at radius 1 is 1.04 bits per heavy atom. The fourth-order valence-electron chi connectivity index (χ4n) is 3.98. The molecule has 2 aliphatic carbocycles. The number of piperidine rings is 1. The molecule has 25 heavy (non-hydrogen) atoms. The quantitative estimate of drug-likeness (QED) is 0.722. The summed E-state index contributed by atoms with van der Waals surface area (Å²) in [4.78, 5) is 26.6. The van der Waals surface area contributed by atoms with Crippen molar-refractivity contribution in [3.05, 3.63) is 0 Å². The van der Waals surface area contributed by atoms with Gasteiger partial charge in [-0.15, -0.1) is 12.4 Å². The van der Waals surface area contributed by atoms with Crippen LogP contribution in [0.15, 0.2) is 0 Å². The van der Waals surface area contributed by atoms with Crippen LogP contribution in [0.4, 0.5) is 0 Å². The summed E-state index contributed by atoms with van der Waals surface area (Å²) >= 11 is 0. The van der Waals surface area contributed by atoms with Crippen LogP contribution in [0.1, 0.15) is 64.7 Å². The Bertz CT molecular complexity index is 442. The molecule has 0 aromatic rings. The summed E-state index contributed by atoms with van der Waals surface area (Å²) in [5, 5.41) is 6.69. The van der Waals surface area contributed by atoms with Crippen LogP contribution in [0.25, 0.3) is 0 Å². The van der Waals surface area contributed by atoms with Crippen molar-refractivity contribution in [2.45, 2.75) is 76.8 Å². The Morgan fingerprint density at radius 2 is 1.68 bits per heavy atom. The molecule has 1 unspecified atom stereocenters. The van der Waals surface area contributed by atoms with E-state index in [1.165, 1.54) is 12.8 Å². The molecule has 3 fully saturated rings. The first-order valence-corrected chi connectivity index (χ1v) is 9.93. The minimum absolute atomic E-state index is 0. The molecular formula is C19H34ClN3O2. The monoisotopic (exact) mass is 371 g/mol. The highest BCUT2D eigenvalue weighted by atomic mass is 35.5. The topological polar surface area (TPSA) is 61.4 Å². The number of carbonyl (C=O) groups is 2. The molecule has 1 heterocycles. The second kappa shape index (κ2) is 9.77. The van der Waals surface area contributed by atoms with Gasteiger partial charge in [0, 0.05) is 37.5 Å². The standard InChI is InChI=1S/C19H33N3O2.ClH/c1-14(21-19(24)16-4-2-3-5-16)12-18(23)22-10-8-17(9-11-22)20-13-15-6-7-15;/h14-17,20H,2-13H2,1H3,(H,21,24);1H. The first-order valence-electron chi connectivity index (χ1n) is 9.93. The van der Waals surface area contributed by atoms with Gasteiger partial charge in [0.1, 0.15) is 0 Å². The molecule has 144 valence electrons. The van der Waals surface area contributed by atoms with Crippen molar-refractivity contribution in [2.75, 3.05) is 19.6 Å². The number of hydrogen-bond donors (Lipinski definition) is 2. The second-order valence-electron chi connectivity index (χ2n) is 8.10. The lowest BCUT2D eigenvalue weighted by Crippen LogP contribution is -2.47. The Kier molecular flexibility index (Phi) is 8.01. The molecule has 1 saturated heterocycles. The van der Waals surface area contributed by atoms with Crippen LogP contribution in [0.2, 0.25) is 0 Å². The van der Waals surface area contributed by atoms with Crippen LogP contribution >= 0.6 is 12.4 Å². The Labute approximate surface area is 158 Å². The molecule has 2 amide bonds. The van der Waals surface area contributed by atoms with Crippen LogP contribution in [-0.4, -0.2) is 48.4 Å². The lowest BCUT2D eigenvalue weighted by molar-refractivity contribution is -0.133. The third-order valence-corrected chi connectivity index (χ3v) is 5.84. The Hall–Kier alpha value is -0.810. The summed E-state index contributed by atoms with van der Waals surface area (Å²) in [6, 6.07) is 0.519. The minimum Gasteiger partial charge on any atom is -0.353 e. The average molecular weight is 372 g/mol. The van der Waals surface area contributed by atoms with Crippen molar-refractivity contribution >= 4 is 24.2 Å². The van der Waals surface area contributed by atoms with Crippen molar-refractivity contribution in [3.63, 3.8) is 0 Å². The maximum atomic E-state index is 12.4. The van der Waals surface area contributed by atoms with Gasteiger partial charge in [0.25, 0.3) is 0 Å². The van der Waals surface area contributed by atoms with Gasteiger partial charge in [-0.3, -0.25) is 9.59 Å². The predicted octanol–water partition coefficient (Wildman–Crippen LogP) is 2.48. The van der Waals surface area contributed by atoms with E-state index in [0.717, 1.165) is 64.1 Å². The molecule has 1 atom stereocenters. The molecule has 6 heteroatoms. The zero-order valence-corrected chi connectivity index (χ0v) is 16.3. The summed E-state index contributed by atoms with van der Waals surface area (Å²) in [5.41, 5.74) is 0. The average Bonchev–Trinajstić information content (AvgIpc) is 3.23. The van der Waals surface area contributed by atoms with E-state index < -0.39 is 0 Å². The molecule has 1 aliphatic heterocycles. The lowest BCUT2D eigenvalue weighted by atomic mass is 10.0. The maximum absolute atomic E-state index is 12.4. The molecule has 5 nitrogen and oxygen atoms in total. The van der Waals surface area contributed by atoms with Gasteiger partial charge < -0.3 is 15.5 Å². The molecule has 0 aromatic heterocycles. The first kappa shape index (κ1) is 20.5. The molecule has 0 spiro atoms. The summed E-state index contributed by atoms with van der Waals surface area (Å²) < 4.78 is 0. The second-order valence-corrected chi connectivity index (χ2v) is 8.10. The first-order chi connectivity index (χ1) is 11.6. The molecule has 0 radical (unpaired) electrons. The number of carbonyl (C=O) groups excluding carboxylic acids is 2. The Morgan fingerprint density at radius 3 is 2.28 bits per heavy atom. The van der Waals surface area contributed by atoms with Gasteiger partial charge >= 0.3 is 0 Å². The minimum atomic E-state index is -0.0590. The van der Waals surface area contributed by atoms with Crippen molar-refractivity contribution in [1.82, 2.24) is 15.5 Å². The highest BCUT2D eigenvalue weighted by Crippen LogP contribution is 2.28. The van der Waals surface area contributed by atoms with Gasteiger partial charge in [0.15, 0.2) is 0 Å². The van der Waals surface area contributed by atoms with Crippen LogP contribution < -0.4 is 10.6 Å². The number of likely N-dealkylation sites (tertiary alicyclic amines) is 1. The van der Waals surface area contributed by atoms with E-state index in [1.54, 1.807) is 0 Å². The summed E-state index contributed by atoms with van der Waals surface area (Å²) in [7, 11) is 0. The number of halogens is 1. The number of nitrogens with one attached hydrogen (secondary N) is 2. The third-order valence-electron chi connectivity index (χ3n) is 5.84. The molecule has 3 rings (SSSR count). The number of amides is 2. The fraction of sp³-hybridized carbons (Fsp3) is 0.895. The van der Waals surface area contributed by atoms with E-state index in [-0.39, 0.29) is 36.2 Å². The molecule has 0 aromatic carbocycles. The highest BCUT2D eigenvalue weighted by molar-refractivity contribution is 5.85. The molecule has 2 N–H and O–H groups in total. The van der Waals surface area contributed by atoms with Crippen molar-refractivity contribution in [1.29, 1.82) is 0 Å². The number of nitrogens with zero attached hydrogens (tertiary/aromatic N) is 1. The normalized spacial score (nSPS) is 23.2. The van der Waals surface area contributed by atoms with Gasteiger partial charge in [0.2, 0.25) is 11.8 Å². The van der Waals surface area contributed by atoms with Gasteiger partial charge in [-0.2, -0.15) is 0 Å². The van der Waals surface area contributed by atoms with E-state index in [0.29, 0.717) is 12.5 Å². The summed E-state index contributed by atoms with van der Waals surface area (Å²) in [6.07, 6.45) is 9.65. The van der Waals surface area contributed by atoms with Gasteiger partial charge in [-0.1, -0.05) is 12.8 Å². The van der Waals surface area contributed by atoms with Crippen LogP contribution in [0, 0.1) is 11.8 Å². The van der Waals surface area contributed by atoms with E-state index in [9.17, 15) is 9.59 Å². The number of rotatable bonds is 7. The lowest BCUT2D eigenvalue weighted by Gasteiger charge is -2.33. The van der Waals surface area contributed by atoms with E-state index in [1.807, 2.05) is 11.8 Å². The zero-order chi connectivity index (χ0) is 16.9. The summed E-state index contributed by atoms with van der Waals surface area (Å²) in [6.45, 7) is 4.81. The van der Waals surface area contributed by atoms with Gasteiger partial charge in [-0.05, 0) is 57.9 Å². The maximum Gasteiger partial charge on any atom is 0.224 e. The van der Waals surface area contributed by atoms with E-state index in [2.05, 4.69) is 10.6 Å². The predicted molar refractivity (Wildman–Crippen MR) is 102 cm³/mol. The molecule has 3 aliphatic rings. The molecule has 2 saturated carbocycles. The summed E-state index contributed by atoms with van der Waals surface area (Å²) in [5.74, 6) is 1.43. The fourth-order valence-corrected chi connectivity index (χ4v) is 3.98. The zero-order valence-electron chi connectivity index (χ0n) is 15.5. The number of hydrogen-bond acceptors (Lipinski definition) is 3. The van der Waals surface area contributed by atoms with Crippen LogP contribution in [0.5, 0.6) is 0 Å². The largest absolute Gasteiger partial charge is 0.353 e. The van der Waals surface area contributed by atoms with Gasteiger partial charge in [-0.25, -0.2) is 0 Å². The van der Waals surface area contributed by atoms with E-state index >= 15 is 0 Å². The smallest absolute Gasteiger partial charge is 0.224 e. The third kappa shape index (κ3) is 6.45. The van der Waals surface area contributed by atoms with Crippen molar-refractivity contribution in [2.24, 2.45) is 11.8 Å². The van der Waals surface area contributed by atoms with Crippen LogP contribution in [-0.2, 0) is 9.59 Å². The van der Waals surface area contributed by atoms with Crippen molar-refractivity contribution in [3.8, 4) is 0 Å². The Balaban J connectivity index is 0.00000225. The molecule has 0 bridgehead atoms. The molecular weight excluding hydrogens is 338 g/mol. The van der Waals surface area contributed by atoms with Gasteiger partial charge in [0.05, 0.1) is 0 Å². The van der Waals surface area contributed by atoms with E-state index in [4.69, 9.17) is 0 Å². The van der Waals surface area contributed by atoms with Crippen molar-refractivity contribution < 1.29 is 9.59 Å². The van der Waals surface area contributed by atoms with Crippen LogP contribution in [0.3, 0.4) is 0 Å².